The van der Waals surface area contributed by atoms with Crippen molar-refractivity contribution in [1.29, 1.82) is 0 Å². The van der Waals surface area contributed by atoms with Crippen LogP contribution < -0.4 is 0 Å². The molecule has 66 heavy (non-hydrogen) atoms. The molecule has 0 amide bonds. The van der Waals surface area contributed by atoms with E-state index in [9.17, 15) is 8.78 Å². The van der Waals surface area contributed by atoms with E-state index in [0.29, 0.717) is 5.69 Å². The molecule has 4 heterocycles. The summed E-state index contributed by atoms with van der Waals surface area (Å²) in [6.45, 7) is 9.14. The minimum Gasteiger partial charge on any atom is -0.501 e. The average Bonchev–Trinajstić information content (AvgIpc) is 4.10. The third kappa shape index (κ3) is 8.42. The molecule has 8 heteroatoms. The second-order valence-corrected chi connectivity index (χ2v) is 16.7. The summed E-state index contributed by atoms with van der Waals surface area (Å²) in [5.41, 5.74) is 14.6. The third-order valence-corrected chi connectivity index (χ3v) is 11.8. The predicted octanol–water partition coefficient (Wildman–Crippen LogP) is 16.1. The van der Waals surface area contributed by atoms with E-state index < -0.39 is 11.6 Å². The summed E-state index contributed by atoms with van der Waals surface area (Å²) in [4.78, 5) is 9.26. The molecule has 4 aromatic heterocycles. The molecule has 7 aromatic carbocycles. The molecule has 0 N–H and O–H groups in total. The first kappa shape index (κ1) is 44.0. The zero-order valence-corrected chi connectivity index (χ0v) is 39.0. The van der Waals surface area contributed by atoms with Crippen molar-refractivity contribution in [3.63, 3.8) is 0 Å². The van der Waals surface area contributed by atoms with Gasteiger partial charge in [0.2, 0.25) is 0 Å². The number of rotatable bonds is 8. The van der Waals surface area contributed by atoms with Crippen LogP contribution in [0.1, 0.15) is 50.7 Å². The Labute approximate surface area is 395 Å². The smallest absolute Gasteiger partial charge is 0.133 e. The number of imidazole rings is 1. The van der Waals surface area contributed by atoms with Gasteiger partial charge in [0, 0.05) is 54.6 Å². The number of pyridine rings is 1. The zero-order valence-electron chi connectivity index (χ0n) is 36.6. The molecule has 0 saturated heterocycles. The largest absolute Gasteiger partial charge is 0.501 e. The summed E-state index contributed by atoms with van der Waals surface area (Å²) >= 11 is 0. The standard InChI is InChI=1S/C47H37N2O2.C11H6F2N.Ir/c1-29(2)39-26-35(33-21-19-32(20-22-33)31-12-6-5-7-13-31)27-40(30(3)4)45(39)49-42-17-9-8-16-41(42)48-47(49)38-15-10-14-37-36-24-23-34(43-18-11-25-50-43)28-44(36)51-46(37)38;12-8-4-5-9(10(13)7-8)11-3-1-2-6-14-11;/h5-14,16-30H,1-4H3;1-4,6-7H;/q2*-1;. The molecule has 11 aromatic rings. The van der Waals surface area contributed by atoms with Crippen molar-refractivity contribution in [3.05, 3.63) is 211 Å². The molecule has 0 aliphatic carbocycles. The van der Waals surface area contributed by atoms with Crippen molar-refractivity contribution >= 4 is 33.0 Å². The Morgan fingerprint density at radius 3 is 1.97 bits per heavy atom. The minimum absolute atomic E-state index is 0. The van der Waals surface area contributed by atoms with Crippen molar-refractivity contribution in [1.82, 2.24) is 14.5 Å². The minimum atomic E-state index is -0.649. The van der Waals surface area contributed by atoms with Crippen molar-refractivity contribution < 1.29 is 37.7 Å². The second-order valence-electron chi connectivity index (χ2n) is 16.7. The summed E-state index contributed by atoms with van der Waals surface area (Å²) in [5.74, 6) is 0.841. The van der Waals surface area contributed by atoms with Gasteiger partial charge in [-0.1, -0.05) is 141 Å². The summed E-state index contributed by atoms with van der Waals surface area (Å²) < 4.78 is 40.6. The maximum Gasteiger partial charge on any atom is 0.133 e. The van der Waals surface area contributed by atoms with Gasteiger partial charge < -0.3 is 18.4 Å². The van der Waals surface area contributed by atoms with Crippen LogP contribution in [0.4, 0.5) is 8.78 Å². The van der Waals surface area contributed by atoms with Crippen molar-refractivity contribution in [2.75, 3.05) is 0 Å². The SMILES string of the molecule is CC(C)c1cc(-c2ccc(-c3ccccc3)cc2)cc(C(C)C)c1-n1c(-c2[c-]ccc3c2oc2cc(-c4ccco4)ccc23)nc2ccccc21.Fc1c[c-]c(-c2ccccn2)c(F)c1.[Ir]. The Balaban J connectivity index is 0.000000312. The first-order valence-electron chi connectivity index (χ1n) is 21.7. The number of fused-ring (bicyclic) bond motifs is 4. The van der Waals surface area contributed by atoms with E-state index in [2.05, 4.69) is 165 Å². The number of hydrogen-bond donors (Lipinski definition) is 0. The Hall–Kier alpha value is -7.25. The molecule has 0 atom stereocenters. The number of nitrogens with zero attached hydrogens (tertiary/aromatic N) is 3. The van der Waals surface area contributed by atoms with Crippen LogP contribution in [0, 0.1) is 23.8 Å². The summed E-state index contributed by atoms with van der Waals surface area (Å²) in [6, 6.07) is 60.0. The first-order valence-corrected chi connectivity index (χ1v) is 21.7. The maximum atomic E-state index is 13.2. The van der Waals surface area contributed by atoms with Gasteiger partial charge in [0.1, 0.15) is 11.3 Å². The van der Waals surface area contributed by atoms with E-state index in [1.807, 2.05) is 18.2 Å². The van der Waals surface area contributed by atoms with E-state index in [0.717, 1.165) is 67.8 Å². The van der Waals surface area contributed by atoms with E-state index in [1.165, 1.54) is 39.1 Å². The molecule has 0 fully saturated rings. The van der Waals surface area contributed by atoms with E-state index in [1.54, 1.807) is 30.7 Å². The molecule has 5 nitrogen and oxygen atoms in total. The van der Waals surface area contributed by atoms with Crippen LogP contribution >= 0.6 is 0 Å². The molecule has 0 aliphatic heterocycles. The van der Waals surface area contributed by atoms with Gasteiger partial charge in [-0.15, -0.1) is 30.3 Å². The Morgan fingerprint density at radius 2 is 1.29 bits per heavy atom. The molecule has 0 bridgehead atoms. The first-order chi connectivity index (χ1) is 31.7. The van der Waals surface area contributed by atoms with Crippen molar-refractivity contribution in [2.45, 2.75) is 39.5 Å². The predicted molar refractivity (Wildman–Crippen MR) is 258 cm³/mol. The summed E-state index contributed by atoms with van der Waals surface area (Å²) in [7, 11) is 0. The molecule has 0 unspecified atom stereocenters. The number of halogens is 2. The molecule has 11 rings (SSSR count). The Kier molecular flexibility index (Phi) is 12.5. The van der Waals surface area contributed by atoms with Crippen LogP contribution in [0.3, 0.4) is 0 Å². The zero-order chi connectivity index (χ0) is 44.6. The monoisotopic (exact) mass is 1040 g/mol. The van der Waals surface area contributed by atoms with Crippen LogP contribution in [0.15, 0.2) is 185 Å². The van der Waals surface area contributed by atoms with Gasteiger partial charge in [-0.3, -0.25) is 13.8 Å². The molecular formula is C58H43F2IrN3O2-2. The van der Waals surface area contributed by atoms with Gasteiger partial charge in [0.25, 0.3) is 0 Å². The van der Waals surface area contributed by atoms with Crippen LogP contribution in [0.25, 0.3) is 94.9 Å². The number of aromatic nitrogens is 3. The Bertz CT molecular complexity index is 3420. The van der Waals surface area contributed by atoms with Crippen molar-refractivity contribution in [3.8, 4) is 61.9 Å². The van der Waals surface area contributed by atoms with Crippen molar-refractivity contribution in [2.24, 2.45) is 0 Å². The van der Waals surface area contributed by atoms with Gasteiger partial charge in [-0.25, -0.2) is 0 Å². The Morgan fingerprint density at radius 1 is 0.606 bits per heavy atom. The third-order valence-electron chi connectivity index (χ3n) is 11.8. The molecule has 327 valence electrons. The van der Waals surface area contributed by atoms with Crippen LogP contribution in [-0.4, -0.2) is 14.5 Å². The van der Waals surface area contributed by atoms with E-state index in [4.69, 9.17) is 13.8 Å². The fourth-order valence-electron chi connectivity index (χ4n) is 8.55. The summed E-state index contributed by atoms with van der Waals surface area (Å²) in [5, 5.41) is 2.08. The maximum absolute atomic E-state index is 13.2. The van der Waals surface area contributed by atoms with Crippen LogP contribution in [0.2, 0.25) is 0 Å². The van der Waals surface area contributed by atoms with Crippen LogP contribution in [-0.2, 0) is 20.1 Å². The number of para-hydroxylation sites is 2. The molecule has 1 radical (unpaired) electrons. The average molecular weight is 1040 g/mol. The molecule has 0 spiro atoms. The van der Waals surface area contributed by atoms with Crippen LogP contribution in [0.5, 0.6) is 0 Å². The fourth-order valence-corrected chi connectivity index (χ4v) is 8.55. The number of hydrogen-bond acceptors (Lipinski definition) is 4. The van der Waals surface area contributed by atoms with E-state index in [-0.39, 0.29) is 37.5 Å². The molecule has 0 aliphatic rings. The van der Waals surface area contributed by atoms with Gasteiger partial charge >= 0.3 is 0 Å². The van der Waals surface area contributed by atoms with Gasteiger partial charge in [-0.05, 0) is 99.4 Å². The van der Waals surface area contributed by atoms with Gasteiger partial charge in [0.15, 0.2) is 0 Å². The number of furan rings is 2. The summed E-state index contributed by atoms with van der Waals surface area (Å²) in [6.07, 6.45) is 3.24. The van der Waals surface area contributed by atoms with Gasteiger partial charge in [-0.2, -0.15) is 0 Å². The van der Waals surface area contributed by atoms with E-state index >= 15 is 0 Å². The van der Waals surface area contributed by atoms with Gasteiger partial charge in [0.05, 0.1) is 28.7 Å². The normalized spacial score (nSPS) is 11.3. The number of benzene rings is 7. The second kappa shape index (κ2) is 18.7. The quantitative estimate of drug-likeness (QED) is 0.142. The fraction of sp³-hybridized carbons (Fsp3) is 0.103. The molecule has 0 saturated carbocycles. The topological polar surface area (TPSA) is 57.0 Å². The molecular weight excluding hydrogens is 1000 g/mol.